The second-order valence-electron chi connectivity index (χ2n) is 7.81. The highest BCUT2D eigenvalue weighted by atomic mass is 19.4. The zero-order chi connectivity index (χ0) is 22.6. The number of hydrogen-bond donors (Lipinski definition) is 0. The minimum absolute atomic E-state index is 0.147. The molecule has 0 N–H and O–H groups in total. The molecule has 1 saturated heterocycles. The van der Waals surface area contributed by atoms with Crippen LogP contribution in [-0.4, -0.2) is 54.5 Å². The van der Waals surface area contributed by atoms with Crippen LogP contribution in [0.4, 0.5) is 19.0 Å². The molecule has 9 heteroatoms. The number of halogens is 3. The molecule has 0 unspecified atom stereocenters. The third kappa shape index (κ3) is 6.33. The van der Waals surface area contributed by atoms with E-state index < -0.39 is 12.3 Å². The molecule has 31 heavy (non-hydrogen) atoms. The monoisotopic (exact) mass is 437 g/mol. The Morgan fingerprint density at radius 2 is 1.97 bits per heavy atom. The molecule has 1 aromatic heterocycles. The zero-order valence-corrected chi connectivity index (χ0v) is 17.7. The van der Waals surface area contributed by atoms with Crippen LogP contribution in [0.3, 0.4) is 0 Å². The largest absolute Gasteiger partial charge is 0.573 e. The molecular weight excluding hydrogens is 411 g/mol. The molecule has 0 radical (unpaired) electrons. The number of carbonyl (C=O) groups is 1. The number of ether oxygens (including phenoxy) is 2. The van der Waals surface area contributed by atoms with Crippen LogP contribution >= 0.6 is 0 Å². The average Bonchev–Trinajstić information content (AvgIpc) is 3.16. The first kappa shape index (κ1) is 22.9. The summed E-state index contributed by atoms with van der Waals surface area (Å²) in [7, 11) is 1.91. The Morgan fingerprint density at radius 3 is 2.61 bits per heavy atom. The van der Waals surface area contributed by atoms with E-state index in [1.54, 1.807) is 44.3 Å². The van der Waals surface area contributed by atoms with E-state index >= 15 is 0 Å². The van der Waals surface area contributed by atoms with Crippen molar-refractivity contribution in [3.05, 3.63) is 53.7 Å². The maximum atomic E-state index is 12.4. The van der Waals surface area contributed by atoms with Gasteiger partial charge in [0, 0.05) is 38.9 Å². The Morgan fingerprint density at radius 1 is 1.26 bits per heavy atom. The van der Waals surface area contributed by atoms with Gasteiger partial charge in [0.15, 0.2) is 0 Å². The van der Waals surface area contributed by atoms with Gasteiger partial charge in [-0.3, -0.25) is 4.90 Å². The lowest BCUT2D eigenvalue weighted by Crippen LogP contribution is -2.36. The molecule has 1 aliphatic heterocycles. The van der Waals surface area contributed by atoms with E-state index in [0.717, 1.165) is 25.1 Å². The lowest BCUT2D eigenvalue weighted by Gasteiger charge is -2.27. The number of pyridine rings is 1. The maximum absolute atomic E-state index is 12.4. The highest BCUT2D eigenvalue weighted by Crippen LogP contribution is 2.26. The molecule has 0 bridgehead atoms. The van der Waals surface area contributed by atoms with Crippen molar-refractivity contribution in [3.8, 4) is 5.75 Å². The van der Waals surface area contributed by atoms with Crippen LogP contribution in [0.2, 0.25) is 0 Å². The van der Waals surface area contributed by atoms with E-state index in [4.69, 9.17) is 4.74 Å². The summed E-state index contributed by atoms with van der Waals surface area (Å²) in [6.07, 6.45) is -2.39. The topological polar surface area (TPSA) is 54.9 Å². The van der Waals surface area contributed by atoms with Crippen LogP contribution in [0.25, 0.3) is 0 Å². The normalized spacial score (nSPS) is 17.1. The van der Waals surface area contributed by atoms with Gasteiger partial charge in [0.1, 0.15) is 17.1 Å². The molecule has 1 aliphatic rings. The number of hydrogen-bond acceptors (Lipinski definition) is 6. The summed E-state index contributed by atoms with van der Waals surface area (Å²) in [6.45, 7) is 5.78. The predicted octanol–water partition coefficient (Wildman–Crippen LogP) is 4.26. The van der Waals surface area contributed by atoms with E-state index in [2.05, 4.69) is 14.6 Å². The van der Waals surface area contributed by atoms with Crippen molar-refractivity contribution in [2.75, 3.05) is 25.0 Å². The molecule has 0 aliphatic carbocycles. The van der Waals surface area contributed by atoms with Crippen molar-refractivity contribution >= 4 is 11.8 Å². The quantitative estimate of drug-likeness (QED) is 0.604. The number of anilines is 1. The lowest BCUT2D eigenvalue weighted by molar-refractivity contribution is -0.274. The Bertz CT molecular complexity index is 888. The molecule has 3 rings (SSSR count). The molecule has 1 atom stereocenters. The minimum Gasteiger partial charge on any atom is -0.459 e. The van der Waals surface area contributed by atoms with Crippen molar-refractivity contribution in [1.82, 2.24) is 9.88 Å². The van der Waals surface area contributed by atoms with Crippen molar-refractivity contribution in [1.29, 1.82) is 0 Å². The predicted molar refractivity (Wildman–Crippen MR) is 110 cm³/mol. The van der Waals surface area contributed by atoms with Gasteiger partial charge in [-0.05, 0) is 50.1 Å². The first-order valence-corrected chi connectivity index (χ1v) is 10.1. The van der Waals surface area contributed by atoms with Crippen LogP contribution in [0.15, 0.2) is 42.6 Å². The number of likely N-dealkylation sites (tertiary alicyclic amines) is 1. The maximum Gasteiger partial charge on any atom is 0.573 e. The van der Waals surface area contributed by atoms with E-state index in [1.807, 2.05) is 11.9 Å². The van der Waals surface area contributed by atoms with Crippen LogP contribution in [0.5, 0.6) is 5.75 Å². The van der Waals surface area contributed by atoms with Gasteiger partial charge in [0.05, 0.1) is 6.10 Å². The Kier molecular flexibility index (Phi) is 7.04. The van der Waals surface area contributed by atoms with Gasteiger partial charge in [-0.25, -0.2) is 9.78 Å². The van der Waals surface area contributed by atoms with Crippen molar-refractivity contribution in [3.63, 3.8) is 0 Å². The van der Waals surface area contributed by atoms with Gasteiger partial charge >= 0.3 is 12.3 Å². The molecule has 0 amide bonds. The van der Waals surface area contributed by atoms with E-state index in [-0.39, 0.29) is 17.9 Å². The van der Waals surface area contributed by atoms with Gasteiger partial charge in [-0.2, -0.15) is 0 Å². The van der Waals surface area contributed by atoms with Crippen LogP contribution in [0, 0.1) is 0 Å². The summed E-state index contributed by atoms with van der Waals surface area (Å²) in [5.74, 6) is -0.0548. The summed E-state index contributed by atoms with van der Waals surface area (Å²) in [4.78, 5) is 21.1. The van der Waals surface area contributed by atoms with E-state index in [0.29, 0.717) is 17.9 Å². The SMILES string of the molecule is CC(C)OC(=O)c1cccnc1N(C)[C@@H]1CCN(Cc2ccc(OC(F)(F)F)cc2)C1. The summed E-state index contributed by atoms with van der Waals surface area (Å²) in [5, 5.41) is 0. The van der Waals surface area contributed by atoms with Crippen LogP contribution < -0.4 is 9.64 Å². The number of nitrogens with zero attached hydrogens (tertiary/aromatic N) is 3. The minimum atomic E-state index is -4.69. The third-order valence-corrected chi connectivity index (χ3v) is 5.04. The highest BCUT2D eigenvalue weighted by molar-refractivity contribution is 5.94. The summed E-state index contributed by atoms with van der Waals surface area (Å²) >= 11 is 0. The zero-order valence-electron chi connectivity index (χ0n) is 17.7. The van der Waals surface area contributed by atoms with Crippen molar-refractivity contribution in [2.45, 2.75) is 45.3 Å². The molecule has 1 aromatic carbocycles. The average molecular weight is 437 g/mol. The van der Waals surface area contributed by atoms with Crippen molar-refractivity contribution in [2.24, 2.45) is 0 Å². The lowest BCUT2D eigenvalue weighted by atomic mass is 10.2. The Labute approximate surface area is 179 Å². The summed E-state index contributed by atoms with van der Waals surface area (Å²) < 4.78 is 46.1. The number of benzene rings is 1. The molecule has 1 fully saturated rings. The number of carbonyl (C=O) groups excluding carboxylic acids is 1. The smallest absolute Gasteiger partial charge is 0.459 e. The Hall–Kier alpha value is -2.81. The highest BCUT2D eigenvalue weighted by Gasteiger charge is 2.31. The third-order valence-electron chi connectivity index (χ3n) is 5.04. The molecular formula is C22H26F3N3O3. The van der Waals surface area contributed by atoms with E-state index in [1.165, 1.54) is 12.1 Å². The molecule has 2 aromatic rings. The van der Waals surface area contributed by atoms with Crippen LogP contribution in [-0.2, 0) is 11.3 Å². The molecule has 168 valence electrons. The fraction of sp³-hybridized carbons (Fsp3) is 0.455. The van der Waals surface area contributed by atoms with Crippen molar-refractivity contribution < 1.29 is 27.4 Å². The summed E-state index contributed by atoms with van der Waals surface area (Å²) in [6, 6.07) is 9.48. The second-order valence-corrected chi connectivity index (χ2v) is 7.81. The fourth-order valence-corrected chi connectivity index (χ4v) is 3.61. The van der Waals surface area contributed by atoms with Gasteiger partial charge in [-0.1, -0.05) is 12.1 Å². The molecule has 6 nitrogen and oxygen atoms in total. The second kappa shape index (κ2) is 9.55. The van der Waals surface area contributed by atoms with Gasteiger partial charge in [0.25, 0.3) is 0 Å². The number of likely N-dealkylation sites (N-methyl/N-ethyl adjacent to an activating group) is 1. The van der Waals surface area contributed by atoms with Gasteiger partial charge in [0.2, 0.25) is 0 Å². The first-order valence-electron chi connectivity index (χ1n) is 10.1. The van der Waals surface area contributed by atoms with Crippen LogP contribution in [0.1, 0.15) is 36.2 Å². The number of aromatic nitrogens is 1. The summed E-state index contributed by atoms with van der Waals surface area (Å²) in [5.41, 5.74) is 1.33. The molecule has 2 heterocycles. The fourth-order valence-electron chi connectivity index (χ4n) is 3.61. The van der Waals surface area contributed by atoms with Gasteiger partial charge in [-0.15, -0.1) is 13.2 Å². The van der Waals surface area contributed by atoms with Gasteiger partial charge < -0.3 is 14.4 Å². The van der Waals surface area contributed by atoms with E-state index in [9.17, 15) is 18.0 Å². The first-order chi connectivity index (χ1) is 14.6. The number of esters is 1. The standard InChI is InChI=1S/C22H26F3N3O3/c1-15(2)30-21(29)19-5-4-11-26-20(19)27(3)17-10-12-28(14-17)13-16-6-8-18(9-7-16)31-22(23,24)25/h4-9,11,15,17H,10,12-14H2,1-3H3/t17-/m1/s1. The number of rotatable bonds is 7. The molecule has 0 saturated carbocycles. The Balaban J connectivity index is 1.62. The molecule has 0 spiro atoms. The number of alkyl halides is 3.